The van der Waals surface area contributed by atoms with Crippen molar-refractivity contribution in [2.75, 3.05) is 32.7 Å². The van der Waals surface area contributed by atoms with E-state index in [9.17, 15) is 14.4 Å². The molecule has 2 rings (SSSR count). The van der Waals surface area contributed by atoms with Crippen LogP contribution in [0.3, 0.4) is 0 Å². The molecular formula is C13H22N4O3. The van der Waals surface area contributed by atoms with Crippen LogP contribution in [0.15, 0.2) is 0 Å². The Labute approximate surface area is 118 Å². The molecule has 0 aromatic rings. The van der Waals surface area contributed by atoms with Gasteiger partial charge in [-0.15, -0.1) is 0 Å². The highest BCUT2D eigenvalue weighted by atomic mass is 16.2. The van der Waals surface area contributed by atoms with Gasteiger partial charge in [0.15, 0.2) is 0 Å². The van der Waals surface area contributed by atoms with Crippen LogP contribution in [0.25, 0.3) is 0 Å². The van der Waals surface area contributed by atoms with Crippen molar-refractivity contribution in [3.8, 4) is 0 Å². The van der Waals surface area contributed by atoms with Gasteiger partial charge in [-0.1, -0.05) is 6.92 Å². The minimum absolute atomic E-state index is 0.166. The largest absolute Gasteiger partial charge is 0.340 e. The standard InChI is InChI=1S/C13H22N4O3/c1-3-13(2)11(19)17(12(20)15-13)9-10(18)16-7-4-5-14-6-8-16/h14H,3-9H2,1-2H3,(H,15,20). The second kappa shape index (κ2) is 5.78. The van der Waals surface area contributed by atoms with Gasteiger partial charge in [0.1, 0.15) is 12.1 Å². The van der Waals surface area contributed by atoms with E-state index in [1.165, 1.54) is 0 Å². The fraction of sp³-hybridized carbons (Fsp3) is 0.769. The molecule has 0 aromatic heterocycles. The summed E-state index contributed by atoms with van der Waals surface area (Å²) in [5.74, 6) is -0.483. The van der Waals surface area contributed by atoms with Crippen LogP contribution in [0, 0.1) is 0 Å². The molecule has 2 fully saturated rings. The van der Waals surface area contributed by atoms with Gasteiger partial charge in [0.2, 0.25) is 5.91 Å². The smallest absolute Gasteiger partial charge is 0.325 e. The van der Waals surface area contributed by atoms with Crippen LogP contribution < -0.4 is 10.6 Å². The molecule has 7 heteroatoms. The van der Waals surface area contributed by atoms with Gasteiger partial charge in [0, 0.05) is 19.6 Å². The predicted octanol–water partition coefficient (Wildman–Crippen LogP) is -0.471. The summed E-state index contributed by atoms with van der Waals surface area (Å²) in [6.45, 7) is 6.28. The average molecular weight is 282 g/mol. The number of nitrogens with zero attached hydrogens (tertiary/aromatic N) is 2. The molecule has 0 saturated carbocycles. The van der Waals surface area contributed by atoms with Crippen molar-refractivity contribution in [3.05, 3.63) is 0 Å². The average Bonchev–Trinajstić information content (AvgIpc) is 2.67. The van der Waals surface area contributed by atoms with Crippen LogP contribution in [0.4, 0.5) is 4.79 Å². The van der Waals surface area contributed by atoms with E-state index in [0.717, 1.165) is 24.4 Å². The topological polar surface area (TPSA) is 81.8 Å². The molecule has 2 N–H and O–H groups in total. The van der Waals surface area contributed by atoms with Crippen molar-refractivity contribution >= 4 is 17.8 Å². The summed E-state index contributed by atoms with van der Waals surface area (Å²) in [7, 11) is 0. The Hall–Kier alpha value is -1.63. The summed E-state index contributed by atoms with van der Waals surface area (Å²) in [6.07, 6.45) is 1.40. The molecule has 0 spiro atoms. The number of amides is 4. The SMILES string of the molecule is CCC1(C)NC(=O)N(CC(=O)N2CCCNCC2)C1=O. The number of hydrogen-bond acceptors (Lipinski definition) is 4. The van der Waals surface area contributed by atoms with Crippen LogP contribution in [0.1, 0.15) is 26.7 Å². The lowest BCUT2D eigenvalue weighted by atomic mass is 9.99. The third-order valence-corrected chi connectivity index (χ3v) is 4.04. The first kappa shape index (κ1) is 14.8. The third-order valence-electron chi connectivity index (χ3n) is 4.04. The Morgan fingerprint density at radius 1 is 1.30 bits per heavy atom. The summed E-state index contributed by atoms with van der Waals surface area (Å²) in [5.41, 5.74) is -0.877. The minimum Gasteiger partial charge on any atom is -0.340 e. The molecule has 20 heavy (non-hydrogen) atoms. The van der Waals surface area contributed by atoms with Crippen LogP contribution in [-0.2, 0) is 9.59 Å². The molecule has 2 aliphatic heterocycles. The van der Waals surface area contributed by atoms with Crippen LogP contribution in [0.5, 0.6) is 0 Å². The molecule has 2 heterocycles. The number of carbonyl (C=O) groups excluding carboxylic acids is 3. The maximum Gasteiger partial charge on any atom is 0.325 e. The van der Waals surface area contributed by atoms with Crippen molar-refractivity contribution in [1.29, 1.82) is 0 Å². The molecule has 112 valence electrons. The highest BCUT2D eigenvalue weighted by Gasteiger charge is 2.47. The molecule has 0 radical (unpaired) electrons. The summed E-state index contributed by atoms with van der Waals surface area (Å²) in [5, 5.41) is 5.87. The molecule has 4 amide bonds. The van der Waals surface area contributed by atoms with Crippen molar-refractivity contribution in [2.24, 2.45) is 0 Å². The number of rotatable bonds is 3. The summed E-state index contributed by atoms with van der Waals surface area (Å²) in [4.78, 5) is 39.0. The van der Waals surface area contributed by atoms with Gasteiger partial charge in [0.05, 0.1) is 0 Å². The van der Waals surface area contributed by atoms with E-state index in [0.29, 0.717) is 19.5 Å². The highest BCUT2D eigenvalue weighted by Crippen LogP contribution is 2.20. The number of nitrogens with one attached hydrogen (secondary N) is 2. The first-order valence-corrected chi connectivity index (χ1v) is 7.10. The second-order valence-electron chi connectivity index (χ2n) is 5.49. The van der Waals surface area contributed by atoms with Gasteiger partial charge in [-0.2, -0.15) is 0 Å². The van der Waals surface area contributed by atoms with Crippen molar-refractivity contribution in [2.45, 2.75) is 32.2 Å². The Morgan fingerprint density at radius 2 is 2.05 bits per heavy atom. The Kier molecular flexibility index (Phi) is 4.27. The van der Waals surface area contributed by atoms with E-state index >= 15 is 0 Å². The third kappa shape index (κ3) is 2.77. The molecule has 1 atom stereocenters. The number of carbonyl (C=O) groups is 3. The van der Waals surface area contributed by atoms with E-state index in [-0.39, 0.29) is 18.4 Å². The van der Waals surface area contributed by atoms with E-state index in [1.807, 2.05) is 6.92 Å². The first-order chi connectivity index (χ1) is 9.48. The zero-order valence-corrected chi connectivity index (χ0v) is 12.1. The summed E-state index contributed by atoms with van der Waals surface area (Å²) in [6, 6.07) is -0.472. The fourth-order valence-corrected chi connectivity index (χ4v) is 2.46. The van der Waals surface area contributed by atoms with E-state index in [4.69, 9.17) is 0 Å². The van der Waals surface area contributed by atoms with Crippen molar-refractivity contribution < 1.29 is 14.4 Å². The van der Waals surface area contributed by atoms with Gasteiger partial charge in [0.25, 0.3) is 5.91 Å². The van der Waals surface area contributed by atoms with Crippen LogP contribution in [0.2, 0.25) is 0 Å². The predicted molar refractivity (Wildman–Crippen MR) is 73.0 cm³/mol. The van der Waals surface area contributed by atoms with Crippen molar-refractivity contribution in [1.82, 2.24) is 20.4 Å². The normalized spacial score (nSPS) is 27.5. The molecule has 0 aliphatic carbocycles. The molecule has 1 unspecified atom stereocenters. The molecule has 0 aromatic carbocycles. The fourth-order valence-electron chi connectivity index (χ4n) is 2.46. The summed E-state index contributed by atoms with van der Waals surface area (Å²) < 4.78 is 0. The van der Waals surface area contributed by atoms with E-state index in [1.54, 1.807) is 11.8 Å². The first-order valence-electron chi connectivity index (χ1n) is 7.10. The van der Waals surface area contributed by atoms with Crippen LogP contribution >= 0.6 is 0 Å². The quantitative estimate of drug-likeness (QED) is 0.686. The minimum atomic E-state index is -0.877. The van der Waals surface area contributed by atoms with Gasteiger partial charge < -0.3 is 15.5 Å². The number of urea groups is 1. The Balaban J connectivity index is 2.00. The molecular weight excluding hydrogens is 260 g/mol. The van der Waals surface area contributed by atoms with Gasteiger partial charge in [-0.3, -0.25) is 14.5 Å². The molecule has 2 aliphatic rings. The second-order valence-corrected chi connectivity index (χ2v) is 5.49. The Bertz CT molecular complexity index is 418. The molecule has 2 saturated heterocycles. The lowest BCUT2D eigenvalue weighted by Gasteiger charge is -2.23. The monoisotopic (exact) mass is 282 g/mol. The lowest BCUT2D eigenvalue weighted by Crippen LogP contribution is -2.46. The zero-order valence-electron chi connectivity index (χ0n) is 12.1. The van der Waals surface area contributed by atoms with Gasteiger partial charge >= 0.3 is 6.03 Å². The van der Waals surface area contributed by atoms with Crippen LogP contribution in [-0.4, -0.2) is 65.9 Å². The summed E-state index contributed by atoms with van der Waals surface area (Å²) >= 11 is 0. The zero-order chi connectivity index (χ0) is 14.8. The van der Waals surface area contributed by atoms with E-state index in [2.05, 4.69) is 10.6 Å². The lowest BCUT2D eigenvalue weighted by molar-refractivity contribution is -0.138. The number of hydrogen-bond donors (Lipinski definition) is 2. The molecule has 7 nitrogen and oxygen atoms in total. The maximum atomic E-state index is 12.2. The molecule has 0 bridgehead atoms. The van der Waals surface area contributed by atoms with Crippen molar-refractivity contribution in [3.63, 3.8) is 0 Å². The maximum absolute atomic E-state index is 12.2. The highest BCUT2D eigenvalue weighted by molar-refractivity contribution is 6.08. The Morgan fingerprint density at radius 3 is 2.70 bits per heavy atom. The van der Waals surface area contributed by atoms with Gasteiger partial charge in [-0.25, -0.2) is 4.79 Å². The van der Waals surface area contributed by atoms with E-state index < -0.39 is 11.6 Å². The number of imide groups is 1. The van der Waals surface area contributed by atoms with Gasteiger partial charge in [-0.05, 0) is 26.3 Å².